The first-order valence-electron chi connectivity index (χ1n) is 5.44. The van der Waals surface area contributed by atoms with Gasteiger partial charge in [0.1, 0.15) is 0 Å². The average molecular weight is 321 g/mol. The van der Waals surface area contributed by atoms with Crippen LogP contribution < -0.4 is 10.0 Å². The summed E-state index contributed by atoms with van der Waals surface area (Å²) >= 11 is 5.81. The van der Waals surface area contributed by atoms with E-state index in [-0.39, 0.29) is 22.0 Å². The van der Waals surface area contributed by atoms with Crippen LogP contribution in [0.5, 0.6) is 0 Å². The molecule has 9 heteroatoms. The summed E-state index contributed by atoms with van der Waals surface area (Å²) in [6.07, 6.45) is 0. The summed E-state index contributed by atoms with van der Waals surface area (Å²) in [5.41, 5.74) is 4.98. The van der Waals surface area contributed by atoms with Crippen LogP contribution in [0, 0.1) is 0 Å². The van der Waals surface area contributed by atoms with E-state index in [1.165, 1.54) is 19.1 Å². The molecule has 1 rings (SSSR count). The zero-order valence-electron chi connectivity index (χ0n) is 10.8. The van der Waals surface area contributed by atoms with E-state index in [1.54, 1.807) is 0 Å². The zero-order chi connectivity index (χ0) is 15.5. The Morgan fingerprint density at radius 3 is 2.40 bits per heavy atom. The summed E-state index contributed by atoms with van der Waals surface area (Å²) in [6.45, 7) is 1.36. The molecule has 20 heavy (non-hydrogen) atoms. The fourth-order valence-corrected chi connectivity index (χ4v) is 2.67. The van der Waals surface area contributed by atoms with E-state index in [4.69, 9.17) is 17.3 Å². The highest BCUT2D eigenvalue weighted by Crippen LogP contribution is 2.25. The predicted molar refractivity (Wildman–Crippen MR) is 74.3 cm³/mol. The van der Waals surface area contributed by atoms with Gasteiger partial charge in [0.25, 0.3) is 0 Å². The van der Waals surface area contributed by atoms with Gasteiger partial charge in [-0.3, -0.25) is 0 Å². The quantitative estimate of drug-likeness (QED) is 0.843. The highest BCUT2D eigenvalue weighted by molar-refractivity contribution is 7.93. The van der Waals surface area contributed by atoms with Crippen LogP contribution >= 0.6 is 11.6 Å². The van der Waals surface area contributed by atoms with Gasteiger partial charge in [-0.1, -0.05) is 11.6 Å². The van der Waals surface area contributed by atoms with E-state index >= 15 is 0 Å². The van der Waals surface area contributed by atoms with Gasteiger partial charge in [-0.15, -0.1) is 0 Å². The van der Waals surface area contributed by atoms with Crippen molar-refractivity contribution in [2.24, 2.45) is 5.73 Å². The van der Waals surface area contributed by atoms with Crippen molar-refractivity contribution < 1.29 is 22.7 Å². The number of anilines is 1. The molecule has 0 radical (unpaired) electrons. The third-order valence-corrected chi connectivity index (χ3v) is 4.28. The van der Waals surface area contributed by atoms with Crippen molar-refractivity contribution in [3.05, 3.63) is 28.8 Å². The Bertz CT molecular complexity index is 644. The summed E-state index contributed by atoms with van der Waals surface area (Å²) in [4.78, 5) is 22.8. The maximum atomic E-state index is 11.9. The normalized spacial score (nSPS) is 10.9. The lowest BCUT2D eigenvalue weighted by molar-refractivity contribution is 0.0600. The number of nitrogens with zero attached hydrogens (tertiary/aromatic N) is 1. The van der Waals surface area contributed by atoms with Crippen LogP contribution in [-0.4, -0.2) is 33.3 Å². The Morgan fingerprint density at radius 2 is 1.95 bits per heavy atom. The van der Waals surface area contributed by atoms with Crippen LogP contribution in [0.3, 0.4) is 0 Å². The Balaban J connectivity index is 3.46. The molecule has 0 bridgehead atoms. The minimum Gasteiger partial charge on any atom is -0.465 e. The molecule has 7 nitrogen and oxygen atoms in total. The molecular formula is C11H13ClN2O5S. The number of hydrogen-bond acceptors (Lipinski definition) is 5. The third kappa shape index (κ3) is 3.40. The molecule has 2 amide bonds. The lowest BCUT2D eigenvalue weighted by Gasteiger charge is -2.20. The highest BCUT2D eigenvalue weighted by Gasteiger charge is 2.27. The second-order valence-electron chi connectivity index (χ2n) is 3.69. The van der Waals surface area contributed by atoms with Gasteiger partial charge in [-0.2, -0.15) is 4.31 Å². The van der Waals surface area contributed by atoms with Crippen LogP contribution in [0.4, 0.5) is 10.5 Å². The van der Waals surface area contributed by atoms with Crippen LogP contribution in [-0.2, 0) is 14.8 Å². The number of hydrogen-bond donors (Lipinski definition) is 1. The third-order valence-electron chi connectivity index (χ3n) is 2.38. The molecule has 0 aliphatic rings. The van der Waals surface area contributed by atoms with Crippen molar-refractivity contribution in [1.82, 2.24) is 0 Å². The molecule has 0 aliphatic carbocycles. The first kappa shape index (κ1) is 16.3. The standard InChI is InChI=1S/C11H13ClN2O5S/c1-3-20(17,18)14(11(13)16)9-5-7(10(15)19-2)4-8(12)6-9/h4-6H,3H2,1-2H3,(H2,13,16). The number of amides is 2. The molecule has 0 spiro atoms. The summed E-state index contributed by atoms with van der Waals surface area (Å²) in [6, 6.07) is 2.47. The molecule has 0 saturated heterocycles. The molecule has 0 unspecified atom stereocenters. The van der Waals surface area contributed by atoms with Crippen molar-refractivity contribution >= 4 is 39.3 Å². The minimum absolute atomic E-state index is 0.00699. The van der Waals surface area contributed by atoms with Crippen LogP contribution in [0.15, 0.2) is 18.2 Å². The maximum Gasteiger partial charge on any atom is 0.337 e. The van der Waals surface area contributed by atoms with Crippen molar-refractivity contribution in [3.8, 4) is 0 Å². The van der Waals surface area contributed by atoms with E-state index in [9.17, 15) is 18.0 Å². The minimum atomic E-state index is -3.93. The number of sulfonamides is 1. The number of esters is 1. The molecule has 0 atom stereocenters. The Morgan fingerprint density at radius 1 is 1.35 bits per heavy atom. The van der Waals surface area contributed by atoms with Crippen LogP contribution in [0.2, 0.25) is 5.02 Å². The van der Waals surface area contributed by atoms with Gasteiger partial charge in [-0.05, 0) is 25.1 Å². The summed E-state index contributed by atoms with van der Waals surface area (Å²) in [5.74, 6) is -1.05. The molecule has 1 aromatic carbocycles. The van der Waals surface area contributed by atoms with E-state index in [2.05, 4.69) is 4.74 Å². The molecule has 0 fully saturated rings. The second-order valence-corrected chi connectivity index (χ2v) is 6.24. The van der Waals surface area contributed by atoms with Gasteiger partial charge in [0, 0.05) is 5.02 Å². The molecule has 0 saturated carbocycles. The average Bonchev–Trinajstić information content (AvgIpc) is 2.36. The summed E-state index contributed by atoms with van der Waals surface area (Å²) < 4.78 is 28.6. The molecule has 110 valence electrons. The lowest BCUT2D eigenvalue weighted by atomic mass is 10.2. The molecule has 0 aromatic heterocycles. The number of primary amides is 1. The van der Waals surface area contributed by atoms with Gasteiger partial charge in [0.05, 0.1) is 24.1 Å². The van der Waals surface area contributed by atoms with Gasteiger partial charge in [-0.25, -0.2) is 18.0 Å². The largest absolute Gasteiger partial charge is 0.465 e. The number of halogens is 1. The van der Waals surface area contributed by atoms with E-state index in [1.807, 2.05) is 0 Å². The van der Waals surface area contributed by atoms with Crippen molar-refractivity contribution in [2.75, 3.05) is 17.2 Å². The Hall–Kier alpha value is -1.80. The van der Waals surface area contributed by atoms with E-state index in [0.717, 1.165) is 13.2 Å². The number of carbonyl (C=O) groups is 2. The van der Waals surface area contributed by atoms with Gasteiger partial charge in [0.15, 0.2) is 0 Å². The number of nitrogens with two attached hydrogens (primary N) is 1. The number of ether oxygens (including phenoxy) is 1. The fourth-order valence-electron chi connectivity index (χ4n) is 1.48. The maximum absolute atomic E-state index is 11.9. The van der Waals surface area contributed by atoms with Crippen LogP contribution in [0.1, 0.15) is 17.3 Å². The number of methoxy groups -OCH3 is 1. The summed E-state index contributed by atoms with van der Waals surface area (Å²) in [7, 11) is -2.77. The Labute approximate surface area is 121 Å². The fraction of sp³-hybridized carbons (Fsp3) is 0.273. The first-order chi connectivity index (χ1) is 9.22. The molecular weight excluding hydrogens is 308 g/mol. The van der Waals surface area contributed by atoms with Crippen molar-refractivity contribution in [1.29, 1.82) is 0 Å². The molecule has 0 aliphatic heterocycles. The van der Waals surface area contributed by atoms with Crippen molar-refractivity contribution in [3.63, 3.8) is 0 Å². The van der Waals surface area contributed by atoms with Gasteiger partial charge in [0.2, 0.25) is 10.0 Å². The monoisotopic (exact) mass is 320 g/mol. The predicted octanol–water partition coefficient (Wildman–Crippen LogP) is 1.36. The van der Waals surface area contributed by atoms with Gasteiger partial charge >= 0.3 is 12.0 Å². The second kappa shape index (κ2) is 6.10. The summed E-state index contributed by atoms with van der Waals surface area (Å²) in [5, 5.41) is 0.0699. The number of carbonyl (C=O) groups excluding carboxylic acids is 2. The molecule has 2 N–H and O–H groups in total. The van der Waals surface area contributed by atoms with E-state index < -0.39 is 22.0 Å². The number of urea groups is 1. The lowest BCUT2D eigenvalue weighted by Crippen LogP contribution is -2.41. The number of benzene rings is 1. The zero-order valence-corrected chi connectivity index (χ0v) is 12.4. The molecule has 0 heterocycles. The Kier molecular flexibility index (Phi) is 4.96. The van der Waals surface area contributed by atoms with Crippen LogP contribution in [0.25, 0.3) is 0 Å². The van der Waals surface area contributed by atoms with Gasteiger partial charge < -0.3 is 10.5 Å². The smallest absolute Gasteiger partial charge is 0.337 e. The SMILES string of the molecule is CCS(=O)(=O)N(C(N)=O)c1cc(Cl)cc(C(=O)OC)c1. The molecule has 1 aromatic rings. The highest BCUT2D eigenvalue weighted by atomic mass is 35.5. The topological polar surface area (TPSA) is 107 Å². The van der Waals surface area contributed by atoms with E-state index in [0.29, 0.717) is 4.31 Å². The first-order valence-corrected chi connectivity index (χ1v) is 7.43. The number of rotatable bonds is 4. The van der Waals surface area contributed by atoms with Crippen molar-refractivity contribution in [2.45, 2.75) is 6.92 Å².